The zero-order chi connectivity index (χ0) is 23.4. The van der Waals surface area contributed by atoms with Crippen LogP contribution in [0.25, 0.3) is 22.3 Å². The topological polar surface area (TPSA) is 71.2 Å². The first kappa shape index (κ1) is 22.6. The minimum absolute atomic E-state index is 0.424. The molecule has 33 heavy (non-hydrogen) atoms. The minimum Gasteiger partial charge on any atom is -0.497 e. The van der Waals surface area contributed by atoms with Gasteiger partial charge >= 0.3 is 0 Å². The standard InChI is InChI=1S/C27H25ClN4O/c1-4-21(15-24(29)18-8-10-20(28)11-9-18)30-27-23-16-22(33-3)12-13-25(23)31-26(32-27)19-7-5-6-17(2)14-19/h5-14,16,29H,4,15H2,1-3H3. The summed E-state index contributed by atoms with van der Waals surface area (Å²) in [6, 6.07) is 21.2. The van der Waals surface area contributed by atoms with Crippen molar-refractivity contribution in [2.45, 2.75) is 26.7 Å². The maximum atomic E-state index is 8.55. The lowest BCUT2D eigenvalue weighted by molar-refractivity contribution is 0.415. The lowest BCUT2D eigenvalue weighted by atomic mass is 10.0. The smallest absolute Gasteiger partial charge is 0.163 e. The number of aryl methyl sites for hydroxylation is 1. The fourth-order valence-corrected chi connectivity index (χ4v) is 3.69. The lowest BCUT2D eigenvalue weighted by Gasteiger charge is -2.10. The summed E-state index contributed by atoms with van der Waals surface area (Å²) in [5.74, 6) is 1.92. The Morgan fingerprint density at radius 2 is 1.82 bits per heavy atom. The highest BCUT2D eigenvalue weighted by Gasteiger charge is 2.13. The summed E-state index contributed by atoms with van der Waals surface area (Å²) in [5, 5.41) is 10.0. The molecule has 0 saturated carbocycles. The Bertz CT molecular complexity index is 1350. The van der Waals surface area contributed by atoms with Crippen molar-refractivity contribution in [1.82, 2.24) is 9.97 Å². The molecule has 0 bridgehead atoms. The molecule has 4 rings (SSSR count). The number of fused-ring (bicyclic) bond motifs is 1. The monoisotopic (exact) mass is 456 g/mol. The number of halogens is 1. The highest BCUT2D eigenvalue weighted by molar-refractivity contribution is 6.30. The van der Waals surface area contributed by atoms with Crippen molar-refractivity contribution in [3.63, 3.8) is 0 Å². The van der Waals surface area contributed by atoms with E-state index in [0.717, 1.165) is 39.1 Å². The molecule has 4 aromatic rings. The van der Waals surface area contributed by atoms with Crippen LogP contribution in [-0.4, -0.2) is 28.5 Å². The average molecular weight is 457 g/mol. The maximum absolute atomic E-state index is 8.55. The van der Waals surface area contributed by atoms with Crippen LogP contribution in [0.1, 0.15) is 30.9 Å². The Kier molecular flexibility index (Phi) is 6.80. The average Bonchev–Trinajstić information content (AvgIpc) is 2.83. The normalized spacial score (nSPS) is 11.6. The van der Waals surface area contributed by atoms with Gasteiger partial charge in [-0.2, -0.15) is 0 Å². The number of hydrogen-bond donors (Lipinski definition) is 1. The van der Waals surface area contributed by atoms with Gasteiger partial charge in [0, 0.05) is 33.8 Å². The van der Waals surface area contributed by atoms with E-state index in [9.17, 15) is 0 Å². The summed E-state index contributed by atoms with van der Waals surface area (Å²) in [4.78, 5) is 14.5. The van der Waals surface area contributed by atoms with E-state index >= 15 is 0 Å². The van der Waals surface area contributed by atoms with Gasteiger partial charge in [-0.15, -0.1) is 0 Å². The number of rotatable bonds is 7. The van der Waals surface area contributed by atoms with Gasteiger partial charge in [0.15, 0.2) is 11.6 Å². The van der Waals surface area contributed by atoms with Gasteiger partial charge in [0.1, 0.15) is 5.75 Å². The van der Waals surface area contributed by atoms with Crippen molar-refractivity contribution < 1.29 is 4.74 Å². The van der Waals surface area contributed by atoms with Crippen LogP contribution in [0.4, 0.5) is 5.82 Å². The summed E-state index contributed by atoms with van der Waals surface area (Å²) < 4.78 is 5.42. The maximum Gasteiger partial charge on any atom is 0.163 e. The summed E-state index contributed by atoms with van der Waals surface area (Å²) in [6.45, 7) is 4.09. The molecule has 0 aliphatic rings. The zero-order valence-corrected chi connectivity index (χ0v) is 19.6. The number of aromatic nitrogens is 2. The van der Waals surface area contributed by atoms with Crippen LogP contribution in [0.5, 0.6) is 5.75 Å². The highest BCUT2D eigenvalue weighted by Crippen LogP contribution is 2.30. The Hall–Kier alpha value is -3.57. The van der Waals surface area contributed by atoms with Gasteiger partial charge in [-0.25, -0.2) is 15.0 Å². The molecular formula is C27H25ClN4O. The van der Waals surface area contributed by atoms with Gasteiger partial charge < -0.3 is 10.1 Å². The molecular weight excluding hydrogens is 432 g/mol. The summed E-state index contributed by atoms with van der Waals surface area (Å²) in [7, 11) is 1.64. The van der Waals surface area contributed by atoms with Crippen LogP contribution in [0.15, 0.2) is 71.7 Å². The second-order valence-electron chi connectivity index (χ2n) is 7.82. The number of hydrogen-bond acceptors (Lipinski definition) is 5. The first-order chi connectivity index (χ1) is 16.0. The molecule has 0 amide bonds. The Balaban J connectivity index is 1.79. The fraction of sp³-hybridized carbons (Fsp3) is 0.185. The molecule has 0 radical (unpaired) electrons. The van der Waals surface area contributed by atoms with Crippen LogP contribution >= 0.6 is 11.6 Å². The van der Waals surface area contributed by atoms with Crippen molar-refractivity contribution in [3.8, 4) is 17.1 Å². The molecule has 6 heteroatoms. The molecule has 0 saturated heterocycles. The van der Waals surface area contributed by atoms with Gasteiger partial charge in [0.2, 0.25) is 0 Å². The number of ether oxygens (including phenoxy) is 1. The molecule has 0 spiro atoms. The second-order valence-corrected chi connectivity index (χ2v) is 8.25. The van der Waals surface area contributed by atoms with Crippen LogP contribution in [0.2, 0.25) is 5.02 Å². The van der Waals surface area contributed by atoms with Crippen LogP contribution in [0.3, 0.4) is 0 Å². The van der Waals surface area contributed by atoms with Gasteiger partial charge in [-0.3, -0.25) is 0 Å². The van der Waals surface area contributed by atoms with E-state index in [4.69, 9.17) is 36.7 Å². The molecule has 3 aromatic carbocycles. The quantitative estimate of drug-likeness (QED) is 0.298. The number of nitrogens with zero attached hydrogens (tertiary/aromatic N) is 3. The van der Waals surface area contributed by atoms with E-state index < -0.39 is 0 Å². The van der Waals surface area contributed by atoms with E-state index in [1.807, 2.05) is 62.4 Å². The van der Waals surface area contributed by atoms with Crippen LogP contribution in [-0.2, 0) is 0 Å². The molecule has 0 atom stereocenters. The molecule has 1 heterocycles. The largest absolute Gasteiger partial charge is 0.497 e. The number of benzene rings is 3. The zero-order valence-electron chi connectivity index (χ0n) is 18.9. The second kappa shape index (κ2) is 9.92. The Morgan fingerprint density at radius 3 is 2.52 bits per heavy atom. The van der Waals surface area contributed by atoms with Crippen LogP contribution < -0.4 is 4.74 Å². The molecule has 1 N–H and O–H groups in total. The van der Waals surface area contributed by atoms with Gasteiger partial charge in [0.25, 0.3) is 0 Å². The molecule has 0 fully saturated rings. The van der Waals surface area contributed by atoms with E-state index in [2.05, 4.69) is 6.07 Å². The third-order valence-electron chi connectivity index (χ3n) is 5.40. The van der Waals surface area contributed by atoms with E-state index in [-0.39, 0.29) is 0 Å². The van der Waals surface area contributed by atoms with Crippen molar-refractivity contribution >= 4 is 39.7 Å². The predicted molar refractivity (Wildman–Crippen MR) is 137 cm³/mol. The first-order valence-electron chi connectivity index (χ1n) is 10.8. The SMILES string of the molecule is CCC(CC(=N)c1ccc(Cl)cc1)=Nc1nc(-c2cccc(C)c2)nc2ccc(OC)cc12. The van der Waals surface area contributed by atoms with Gasteiger partial charge in [-0.1, -0.05) is 54.4 Å². The third-order valence-corrected chi connectivity index (χ3v) is 5.66. The van der Waals surface area contributed by atoms with Crippen LogP contribution in [0, 0.1) is 12.3 Å². The van der Waals surface area contributed by atoms with Gasteiger partial charge in [0.05, 0.1) is 12.6 Å². The highest BCUT2D eigenvalue weighted by atomic mass is 35.5. The molecule has 0 unspecified atom stereocenters. The summed E-state index contributed by atoms with van der Waals surface area (Å²) in [5.41, 5.74) is 5.06. The van der Waals surface area contributed by atoms with Gasteiger partial charge in [-0.05, 0) is 55.3 Å². The summed E-state index contributed by atoms with van der Waals surface area (Å²) in [6.07, 6.45) is 1.12. The van der Waals surface area contributed by atoms with Crippen molar-refractivity contribution in [3.05, 3.63) is 82.9 Å². The Labute approximate surface area is 198 Å². The number of aliphatic imine (C=N–C) groups is 1. The number of nitrogens with one attached hydrogen (secondary N) is 1. The van der Waals surface area contributed by atoms with E-state index in [1.54, 1.807) is 19.2 Å². The molecule has 5 nitrogen and oxygen atoms in total. The third kappa shape index (κ3) is 5.26. The first-order valence-corrected chi connectivity index (χ1v) is 11.2. The molecule has 166 valence electrons. The van der Waals surface area contributed by atoms with Crippen molar-refractivity contribution in [2.24, 2.45) is 4.99 Å². The van der Waals surface area contributed by atoms with Crippen molar-refractivity contribution in [1.29, 1.82) is 5.41 Å². The van der Waals surface area contributed by atoms with Crippen molar-refractivity contribution in [2.75, 3.05) is 7.11 Å². The fourth-order valence-electron chi connectivity index (χ4n) is 3.57. The van der Waals surface area contributed by atoms with E-state index in [0.29, 0.717) is 35.2 Å². The summed E-state index contributed by atoms with van der Waals surface area (Å²) >= 11 is 5.99. The predicted octanol–water partition coefficient (Wildman–Crippen LogP) is 7.21. The molecule has 1 aromatic heterocycles. The van der Waals surface area contributed by atoms with E-state index in [1.165, 1.54) is 0 Å². The number of methoxy groups -OCH3 is 1. The molecule has 0 aliphatic heterocycles. The Morgan fingerprint density at radius 1 is 1.03 bits per heavy atom. The molecule has 0 aliphatic carbocycles. The minimum atomic E-state index is 0.424. The lowest BCUT2D eigenvalue weighted by Crippen LogP contribution is -2.07.